The lowest BCUT2D eigenvalue weighted by Crippen LogP contribution is -2.53. The molecule has 3 aromatic rings. The number of carbonyl (C=O) groups excluding carboxylic acids is 1. The summed E-state index contributed by atoms with van der Waals surface area (Å²) in [6.07, 6.45) is 8.45. The summed E-state index contributed by atoms with van der Waals surface area (Å²) in [5.41, 5.74) is 11.6. The molecule has 1 saturated carbocycles. The Bertz CT molecular complexity index is 1400. The number of aromatic nitrogens is 3. The molecule has 9 heteroatoms. The Morgan fingerprint density at radius 1 is 1.25 bits per heavy atom. The summed E-state index contributed by atoms with van der Waals surface area (Å²) in [7, 11) is 3.63. The molecule has 4 N–H and O–H groups in total. The van der Waals surface area contributed by atoms with Crippen molar-refractivity contribution in [1.82, 2.24) is 20.1 Å². The van der Waals surface area contributed by atoms with E-state index in [1.165, 1.54) is 0 Å². The quantitative estimate of drug-likeness (QED) is 0.290. The van der Waals surface area contributed by atoms with Crippen LogP contribution in [0.1, 0.15) is 85.1 Å². The van der Waals surface area contributed by atoms with Crippen LogP contribution in [0.15, 0.2) is 23.1 Å². The van der Waals surface area contributed by atoms with E-state index in [9.17, 15) is 9.59 Å². The third kappa shape index (κ3) is 5.81. The van der Waals surface area contributed by atoms with Crippen molar-refractivity contribution < 1.29 is 9.53 Å². The normalized spacial score (nSPS) is 19.3. The lowest BCUT2D eigenvalue weighted by Gasteiger charge is -2.50. The molecular weight excluding hydrogens is 504 g/mol. The van der Waals surface area contributed by atoms with E-state index in [4.69, 9.17) is 10.5 Å². The Kier molecular flexibility index (Phi) is 9.36. The summed E-state index contributed by atoms with van der Waals surface area (Å²) >= 11 is 0. The second-order valence-corrected chi connectivity index (χ2v) is 11.4. The molecule has 0 atom stereocenters. The molecule has 2 heterocycles. The molecule has 0 aliphatic heterocycles. The van der Waals surface area contributed by atoms with Gasteiger partial charge in [-0.15, -0.1) is 0 Å². The maximum absolute atomic E-state index is 13.3. The fourth-order valence-corrected chi connectivity index (χ4v) is 6.62. The Hall–Kier alpha value is -3.17. The number of primary amides is 1. The van der Waals surface area contributed by atoms with Crippen LogP contribution in [0, 0.1) is 13.8 Å². The van der Waals surface area contributed by atoms with Gasteiger partial charge in [0.1, 0.15) is 0 Å². The summed E-state index contributed by atoms with van der Waals surface area (Å²) in [5, 5.41) is 9.28. The topological polar surface area (TPSA) is 118 Å². The number of rotatable bonds is 12. The first-order valence-corrected chi connectivity index (χ1v) is 14.6. The summed E-state index contributed by atoms with van der Waals surface area (Å²) in [4.78, 5) is 31.5. The summed E-state index contributed by atoms with van der Waals surface area (Å²) < 4.78 is 7.01. The van der Waals surface area contributed by atoms with E-state index in [0.29, 0.717) is 24.6 Å². The SMILES string of the molecule is CCc1c(C(N)=O)cc2c(cnn2C)c1N(Cc1c(C)cc(C)[nH]c1=O)C1(CC)CCC(NCCCOC)CC1. The van der Waals surface area contributed by atoms with Crippen LogP contribution in [0.3, 0.4) is 0 Å². The third-order valence-corrected chi connectivity index (χ3v) is 8.94. The van der Waals surface area contributed by atoms with Gasteiger partial charge in [0.2, 0.25) is 5.91 Å². The van der Waals surface area contributed by atoms with Gasteiger partial charge in [-0.2, -0.15) is 5.10 Å². The second kappa shape index (κ2) is 12.6. The van der Waals surface area contributed by atoms with Crippen molar-refractivity contribution in [1.29, 1.82) is 0 Å². The van der Waals surface area contributed by atoms with Crippen LogP contribution < -0.4 is 21.5 Å². The number of anilines is 1. The van der Waals surface area contributed by atoms with E-state index >= 15 is 0 Å². The van der Waals surface area contributed by atoms with Gasteiger partial charge in [-0.3, -0.25) is 14.3 Å². The number of nitrogens with two attached hydrogens (primary N) is 1. The zero-order chi connectivity index (χ0) is 29.0. The number of hydrogen-bond donors (Lipinski definition) is 3. The highest BCUT2D eigenvalue weighted by atomic mass is 16.5. The number of methoxy groups -OCH3 is 1. The number of fused-ring (bicyclic) bond motifs is 1. The molecule has 0 radical (unpaired) electrons. The smallest absolute Gasteiger partial charge is 0.253 e. The van der Waals surface area contributed by atoms with Gasteiger partial charge in [0, 0.05) is 61.1 Å². The Labute approximate surface area is 237 Å². The molecule has 1 aromatic carbocycles. The predicted molar refractivity (Wildman–Crippen MR) is 161 cm³/mol. The molecule has 218 valence electrons. The molecule has 0 unspecified atom stereocenters. The number of H-pyrrole nitrogens is 1. The molecule has 9 nitrogen and oxygen atoms in total. The van der Waals surface area contributed by atoms with Crippen molar-refractivity contribution in [3.05, 3.63) is 56.6 Å². The standard InChI is InChI=1S/C31H46N6O3/c1-7-23-24(29(32)38)17-27-25(18-34-36(27)5)28(23)37(19-26-20(3)16-21(4)35-30(26)39)31(8-2)12-10-22(11-13-31)33-14-9-15-40-6/h16-18,22,33H,7-15,19H2,1-6H3,(H2,32,38)(H,35,39). The lowest BCUT2D eigenvalue weighted by atomic mass is 9.75. The number of carbonyl (C=O) groups is 1. The molecule has 1 aliphatic rings. The molecule has 0 bridgehead atoms. The lowest BCUT2D eigenvalue weighted by molar-refractivity contribution is 0.0999. The van der Waals surface area contributed by atoms with Crippen molar-refractivity contribution in [2.24, 2.45) is 12.8 Å². The van der Waals surface area contributed by atoms with Crippen LogP contribution in [-0.2, 0) is 24.8 Å². The van der Waals surface area contributed by atoms with Crippen LogP contribution in [0.25, 0.3) is 10.9 Å². The second-order valence-electron chi connectivity index (χ2n) is 11.4. The minimum atomic E-state index is -0.444. The number of nitrogens with zero attached hydrogens (tertiary/aromatic N) is 3. The van der Waals surface area contributed by atoms with Gasteiger partial charge in [0.25, 0.3) is 5.56 Å². The van der Waals surface area contributed by atoms with Gasteiger partial charge in [-0.1, -0.05) is 13.8 Å². The van der Waals surface area contributed by atoms with E-state index in [1.54, 1.807) is 11.8 Å². The number of nitrogens with one attached hydrogen (secondary N) is 2. The first kappa shape index (κ1) is 29.8. The highest BCUT2D eigenvalue weighted by molar-refractivity contribution is 6.04. The zero-order valence-electron chi connectivity index (χ0n) is 25.0. The molecule has 2 aromatic heterocycles. The van der Waals surface area contributed by atoms with Crippen molar-refractivity contribution >= 4 is 22.5 Å². The number of amides is 1. The number of ether oxygens (including phenoxy) is 1. The first-order valence-electron chi connectivity index (χ1n) is 14.6. The first-order chi connectivity index (χ1) is 19.2. The van der Waals surface area contributed by atoms with Crippen LogP contribution in [0.2, 0.25) is 0 Å². The van der Waals surface area contributed by atoms with Gasteiger partial charge in [-0.25, -0.2) is 0 Å². The average molecular weight is 551 g/mol. The van der Waals surface area contributed by atoms with Gasteiger partial charge >= 0.3 is 0 Å². The summed E-state index contributed by atoms with van der Waals surface area (Å²) in [5.74, 6) is -0.444. The van der Waals surface area contributed by atoms with Crippen LogP contribution in [0.5, 0.6) is 0 Å². The van der Waals surface area contributed by atoms with Crippen molar-refractivity contribution in [2.75, 3.05) is 25.2 Å². The Morgan fingerprint density at radius 3 is 2.58 bits per heavy atom. The van der Waals surface area contributed by atoms with Crippen molar-refractivity contribution in [3.63, 3.8) is 0 Å². The Balaban J connectivity index is 1.87. The molecule has 1 amide bonds. The molecule has 0 saturated heterocycles. The molecule has 1 fully saturated rings. The average Bonchev–Trinajstić information content (AvgIpc) is 3.30. The maximum Gasteiger partial charge on any atom is 0.253 e. The summed E-state index contributed by atoms with van der Waals surface area (Å²) in [6.45, 7) is 10.4. The minimum Gasteiger partial charge on any atom is -0.385 e. The van der Waals surface area contributed by atoms with Crippen LogP contribution in [0.4, 0.5) is 5.69 Å². The van der Waals surface area contributed by atoms with Crippen LogP contribution in [-0.4, -0.2) is 52.5 Å². The minimum absolute atomic E-state index is 0.0613. The van der Waals surface area contributed by atoms with Gasteiger partial charge in [0.05, 0.1) is 17.4 Å². The molecule has 4 rings (SSSR count). The predicted octanol–water partition coefficient (Wildman–Crippen LogP) is 4.26. The molecule has 40 heavy (non-hydrogen) atoms. The third-order valence-electron chi connectivity index (χ3n) is 8.94. The highest BCUT2D eigenvalue weighted by Crippen LogP contribution is 2.45. The number of hydrogen-bond acceptors (Lipinski definition) is 6. The Morgan fingerprint density at radius 2 is 1.98 bits per heavy atom. The largest absolute Gasteiger partial charge is 0.385 e. The number of aromatic amines is 1. The highest BCUT2D eigenvalue weighted by Gasteiger charge is 2.41. The number of aryl methyl sites for hydroxylation is 3. The molecule has 1 aliphatic carbocycles. The van der Waals surface area contributed by atoms with E-state index in [2.05, 4.69) is 34.1 Å². The van der Waals surface area contributed by atoms with Gasteiger partial charge in [-0.05, 0) is 88.6 Å². The van der Waals surface area contributed by atoms with E-state index in [0.717, 1.165) is 90.7 Å². The fourth-order valence-electron chi connectivity index (χ4n) is 6.62. The summed E-state index contributed by atoms with van der Waals surface area (Å²) in [6, 6.07) is 4.35. The number of benzene rings is 1. The van der Waals surface area contributed by atoms with Crippen LogP contribution >= 0.6 is 0 Å². The van der Waals surface area contributed by atoms with Crippen molar-refractivity contribution in [2.45, 2.75) is 90.8 Å². The van der Waals surface area contributed by atoms with Gasteiger partial charge < -0.3 is 25.7 Å². The fraction of sp³-hybridized carbons (Fsp3) is 0.581. The zero-order valence-corrected chi connectivity index (χ0v) is 25.0. The van der Waals surface area contributed by atoms with E-state index in [1.807, 2.05) is 39.2 Å². The maximum atomic E-state index is 13.3. The molecular formula is C31H46N6O3. The van der Waals surface area contributed by atoms with E-state index in [-0.39, 0.29) is 11.1 Å². The van der Waals surface area contributed by atoms with Gasteiger partial charge in [0.15, 0.2) is 0 Å². The number of pyridine rings is 1. The van der Waals surface area contributed by atoms with Crippen molar-refractivity contribution in [3.8, 4) is 0 Å². The monoisotopic (exact) mass is 550 g/mol. The van der Waals surface area contributed by atoms with E-state index < -0.39 is 5.91 Å². The molecule has 0 spiro atoms.